The van der Waals surface area contributed by atoms with Crippen molar-refractivity contribution in [3.63, 3.8) is 0 Å². The minimum atomic E-state index is 0.0204. The summed E-state index contributed by atoms with van der Waals surface area (Å²) in [6.45, 7) is 3.96. The van der Waals surface area contributed by atoms with Crippen molar-refractivity contribution in [2.75, 3.05) is 6.61 Å². The molecule has 0 bridgehead atoms. The highest BCUT2D eigenvalue weighted by atomic mass is 16.3. The molecule has 2 rings (SSSR count). The minimum Gasteiger partial charge on any atom is -0.396 e. The molecule has 1 aliphatic rings. The lowest BCUT2D eigenvalue weighted by molar-refractivity contribution is -0.121. The fourth-order valence-electron chi connectivity index (χ4n) is 2.52. The Labute approximate surface area is 120 Å². The summed E-state index contributed by atoms with van der Waals surface area (Å²) in [5.41, 5.74) is 1.10. The molecule has 1 aromatic carbocycles. The third kappa shape index (κ3) is 3.81. The maximum Gasteiger partial charge on any atom is 0.221 e. The third-order valence-corrected chi connectivity index (χ3v) is 3.67. The van der Waals surface area contributed by atoms with Crippen LogP contribution in [0.4, 0.5) is 0 Å². The number of rotatable bonds is 6. The molecule has 2 N–H and O–H groups in total. The van der Waals surface area contributed by atoms with Gasteiger partial charge in [0.15, 0.2) is 0 Å². The molecule has 0 fully saturated rings. The summed E-state index contributed by atoms with van der Waals surface area (Å²) in [5, 5.41) is 12.1. The van der Waals surface area contributed by atoms with E-state index in [0.717, 1.165) is 12.0 Å². The Balaban J connectivity index is 1.87. The highest BCUT2D eigenvalue weighted by Gasteiger charge is 2.21. The fraction of sp³-hybridized carbons (Fsp3) is 0.353. The van der Waals surface area contributed by atoms with E-state index in [1.54, 1.807) is 0 Å². The molecular weight excluding hydrogens is 250 g/mol. The monoisotopic (exact) mass is 271 g/mol. The standard InChI is InChI=1S/C17H21NO2/c1-2-14(15-6-4-3-5-7-15)11-17(20)18-16-9-8-13(10-16)12-19/h2-9,13-14,16,19H,1,10-12H2,(H,18,20)/t13-,14?,16+/m0/s1. The molecule has 1 unspecified atom stereocenters. The van der Waals surface area contributed by atoms with Crippen LogP contribution >= 0.6 is 0 Å². The summed E-state index contributed by atoms with van der Waals surface area (Å²) in [4.78, 5) is 12.1. The molecule has 3 heteroatoms. The highest BCUT2D eigenvalue weighted by Crippen LogP contribution is 2.21. The van der Waals surface area contributed by atoms with E-state index in [1.807, 2.05) is 48.6 Å². The van der Waals surface area contributed by atoms with Crippen molar-refractivity contribution in [3.8, 4) is 0 Å². The van der Waals surface area contributed by atoms with Gasteiger partial charge in [-0.15, -0.1) is 6.58 Å². The van der Waals surface area contributed by atoms with Crippen molar-refractivity contribution in [2.45, 2.75) is 24.8 Å². The van der Waals surface area contributed by atoms with E-state index in [4.69, 9.17) is 5.11 Å². The van der Waals surface area contributed by atoms with Crippen LogP contribution in [0.1, 0.15) is 24.3 Å². The normalized spacial score (nSPS) is 22.4. The number of carbonyl (C=O) groups is 1. The SMILES string of the molecule is C=CC(CC(=O)N[C@@H]1C=C[C@H](CO)C1)c1ccccc1. The first kappa shape index (κ1) is 14.5. The predicted molar refractivity (Wildman–Crippen MR) is 80.3 cm³/mol. The van der Waals surface area contributed by atoms with Crippen molar-refractivity contribution in [1.82, 2.24) is 5.32 Å². The molecule has 0 radical (unpaired) electrons. The summed E-state index contributed by atoms with van der Waals surface area (Å²) in [5.74, 6) is 0.229. The Hall–Kier alpha value is -1.87. The minimum absolute atomic E-state index is 0.0204. The topological polar surface area (TPSA) is 49.3 Å². The summed E-state index contributed by atoms with van der Waals surface area (Å²) >= 11 is 0. The smallest absolute Gasteiger partial charge is 0.221 e. The van der Waals surface area contributed by atoms with E-state index < -0.39 is 0 Å². The molecule has 0 saturated carbocycles. The number of hydrogen-bond donors (Lipinski definition) is 2. The van der Waals surface area contributed by atoms with Gasteiger partial charge in [-0.25, -0.2) is 0 Å². The predicted octanol–water partition coefficient (Wildman–Crippen LogP) is 2.40. The molecule has 20 heavy (non-hydrogen) atoms. The number of amides is 1. The fourth-order valence-corrected chi connectivity index (χ4v) is 2.52. The van der Waals surface area contributed by atoms with Crippen LogP contribution in [-0.4, -0.2) is 23.7 Å². The van der Waals surface area contributed by atoms with Gasteiger partial charge in [-0.3, -0.25) is 4.79 Å². The molecule has 0 spiro atoms. The van der Waals surface area contributed by atoms with Crippen molar-refractivity contribution in [3.05, 3.63) is 60.7 Å². The zero-order valence-electron chi connectivity index (χ0n) is 11.5. The highest BCUT2D eigenvalue weighted by molar-refractivity contribution is 5.77. The number of allylic oxidation sites excluding steroid dienone is 1. The third-order valence-electron chi connectivity index (χ3n) is 3.67. The van der Waals surface area contributed by atoms with Crippen molar-refractivity contribution in [2.24, 2.45) is 5.92 Å². The van der Waals surface area contributed by atoms with Crippen LogP contribution in [0.3, 0.4) is 0 Å². The van der Waals surface area contributed by atoms with Crippen LogP contribution in [-0.2, 0) is 4.79 Å². The second-order valence-electron chi connectivity index (χ2n) is 5.19. The first-order valence-electron chi connectivity index (χ1n) is 6.99. The van der Waals surface area contributed by atoms with Gasteiger partial charge >= 0.3 is 0 Å². The largest absolute Gasteiger partial charge is 0.396 e. The van der Waals surface area contributed by atoms with Crippen molar-refractivity contribution < 1.29 is 9.90 Å². The van der Waals surface area contributed by atoms with E-state index in [-0.39, 0.29) is 30.4 Å². The number of aliphatic hydroxyl groups excluding tert-OH is 1. The molecule has 3 atom stereocenters. The van der Waals surface area contributed by atoms with Crippen LogP contribution in [0.25, 0.3) is 0 Å². The van der Waals surface area contributed by atoms with Gasteiger partial charge in [0, 0.05) is 30.9 Å². The van der Waals surface area contributed by atoms with E-state index in [1.165, 1.54) is 0 Å². The van der Waals surface area contributed by atoms with E-state index in [2.05, 4.69) is 11.9 Å². The average Bonchev–Trinajstić information content (AvgIpc) is 2.93. The molecule has 0 saturated heterocycles. The lowest BCUT2D eigenvalue weighted by Gasteiger charge is -2.16. The van der Waals surface area contributed by atoms with Gasteiger partial charge in [0.2, 0.25) is 5.91 Å². The van der Waals surface area contributed by atoms with Crippen LogP contribution in [0.2, 0.25) is 0 Å². The number of benzene rings is 1. The van der Waals surface area contributed by atoms with Gasteiger partial charge in [-0.2, -0.15) is 0 Å². The second kappa shape index (κ2) is 7.06. The number of carbonyl (C=O) groups excluding carboxylic acids is 1. The number of nitrogens with one attached hydrogen (secondary N) is 1. The van der Waals surface area contributed by atoms with Gasteiger partial charge < -0.3 is 10.4 Å². The first-order valence-corrected chi connectivity index (χ1v) is 6.99. The van der Waals surface area contributed by atoms with Crippen molar-refractivity contribution >= 4 is 5.91 Å². The molecule has 3 nitrogen and oxygen atoms in total. The zero-order valence-corrected chi connectivity index (χ0v) is 11.5. The molecular formula is C17H21NO2. The van der Waals surface area contributed by atoms with Gasteiger partial charge in [0.05, 0.1) is 0 Å². The summed E-state index contributed by atoms with van der Waals surface area (Å²) < 4.78 is 0. The average molecular weight is 271 g/mol. The van der Waals surface area contributed by atoms with Crippen LogP contribution in [0.15, 0.2) is 55.1 Å². The number of hydrogen-bond acceptors (Lipinski definition) is 2. The zero-order chi connectivity index (χ0) is 14.4. The lowest BCUT2D eigenvalue weighted by Crippen LogP contribution is -2.33. The van der Waals surface area contributed by atoms with Crippen LogP contribution in [0.5, 0.6) is 0 Å². The Bertz CT molecular complexity index is 481. The molecule has 1 aromatic rings. The van der Waals surface area contributed by atoms with E-state index >= 15 is 0 Å². The summed E-state index contributed by atoms with van der Waals surface area (Å²) in [6, 6.07) is 9.96. The summed E-state index contributed by atoms with van der Waals surface area (Å²) in [7, 11) is 0. The second-order valence-corrected chi connectivity index (χ2v) is 5.19. The van der Waals surface area contributed by atoms with Gasteiger partial charge in [-0.1, -0.05) is 48.6 Å². The van der Waals surface area contributed by atoms with Gasteiger partial charge in [0.1, 0.15) is 0 Å². The van der Waals surface area contributed by atoms with Gasteiger partial charge in [0.25, 0.3) is 0 Å². The van der Waals surface area contributed by atoms with Gasteiger partial charge in [-0.05, 0) is 12.0 Å². The van der Waals surface area contributed by atoms with Crippen LogP contribution < -0.4 is 5.32 Å². The molecule has 1 aliphatic carbocycles. The Morgan fingerprint density at radius 2 is 2.15 bits per heavy atom. The number of aliphatic hydroxyl groups is 1. The van der Waals surface area contributed by atoms with Crippen LogP contribution in [0, 0.1) is 5.92 Å². The van der Waals surface area contributed by atoms with E-state index in [0.29, 0.717) is 6.42 Å². The lowest BCUT2D eigenvalue weighted by atomic mass is 9.95. The molecule has 1 amide bonds. The molecule has 0 aliphatic heterocycles. The maximum absolute atomic E-state index is 12.1. The quantitative estimate of drug-likeness (QED) is 0.781. The van der Waals surface area contributed by atoms with E-state index in [9.17, 15) is 4.79 Å². The molecule has 0 heterocycles. The summed E-state index contributed by atoms with van der Waals surface area (Å²) in [6.07, 6.45) is 6.93. The first-order chi connectivity index (χ1) is 9.72. The Kier molecular flexibility index (Phi) is 5.13. The molecule has 106 valence electrons. The molecule has 0 aromatic heterocycles. The Morgan fingerprint density at radius 3 is 2.75 bits per heavy atom. The maximum atomic E-state index is 12.1. The van der Waals surface area contributed by atoms with Crippen molar-refractivity contribution in [1.29, 1.82) is 0 Å². The Morgan fingerprint density at radius 1 is 1.40 bits per heavy atom.